The quantitative estimate of drug-likeness (QED) is 0.777. The molecule has 1 atom stereocenters. The molecule has 1 amide bonds. The van der Waals surface area contributed by atoms with Gasteiger partial charge in [-0.1, -0.05) is 12.1 Å². The lowest BCUT2D eigenvalue weighted by atomic mass is 9.89. The van der Waals surface area contributed by atoms with Crippen LogP contribution in [0.5, 0.6) is 0 Å². The van der Waals surface area contributed by atoms with Crippen molar-refractivity contribution in [1.29, 1.82) is 0 Å². The molecule has 2 saturated carbocycles. The molecule has 4 rings (SSSR count). The standard InChI is InChI=1S/C22H26F3N3O2/c1-21(30,22(23,24)25)16-4-2-15(3-5-16)20(29)28(19-10-11-19)18-8-6-17(7-9-18)27-13-12-26-14-27/h2-5,12-14,17-19,30H,6-11H2,1H3/t17?,18?,21-/m0/s1. The summed E-state index contributed by atoms with van der Waals surface area (Å²) in [4.78, 5) is 19.3. The Morgan fingerprint density at radius 3 is 2.10 bits per heavy atom. The molecule has 0 aliphatic heterocycles. The van der Waals surface area contributed by atoms with E-state index in [4.69, 9.17) is 0 Å². The summed E-state index contributed by atoms with van der Waals surface area (Å²) in [5, 5.41) is 9.84. The Labute approximate surface area is 173 Å². The van der Waals surface area contributed by atoms with Crippen molar-refractivity contribution in [3.8, 4) is 0 Å². The number of amides is 1. The number of hydrogen-bond acceptors (Lipinski definition) is 3. The number of imidazole rings is 1. The van der Waals surface area contributed by atoms with Crippen molar-refractivity contribution in [3.63, 3.8) is 0 Å². The molecule has 2 aliphatic carbocycles. The van der Waals surface area contributed by atoms with Gasteiger partial charge >= 0.3 is 6.18 Å². The molecule has 0 unspecified atom stereocenters. The zero-order valence-corrected chi connectivity index (χ0v) is 16.8. The highest BCUT2D eigenvalue weighted by Crippen LogP contribution is 2.40. The summed E-state index contributed by atoms with van der Waals surface area (Å²) in [5.41, 5.74) is -2.86. The van der Waals surface area contributed by atoms with Gasteiger partial charge in [-0.3, -0.25) is 4.79 Å². The number of halogens is 3. The molecule has 1 aromatic heterocycles. The number of hydrogen-bond donors (Lipinski definition) is 1. The van der Waals surface area contributed by atoms with Gasteiger partial charge in [0.2, 0.25) is 0 Å². The van der Waals surface area contributed by atoms with Gasteiger partial charge in [0.25, 0.3) is 5.91 Å². The van der Waals surface area contributed by atoms with E-state index in [2.05, 4.69) is 9.55 Å². The average Bonchev–Trinajstić information content (AvgIpc) is 3.39. The molecule has 0 spiro atoms. The van der Waals surface area contributed by atoms with Crippen LogP contribution in [-0.4, -0.2) is 43.7 Å². The lowest BCUT2D eigenvalue weighted by Crippen LogP contribution is -2.44. The minimum atomic E-state index is -4.79. The monoisotopic (exact) mass is 421 g/mol. The molecule has 2 fully saturated rings. The third kappa shape index (κ3) is 3.97. The van der Waals surface area contributed by atoms with Gasteiger partial charge in [-0.25, -0.2) is 4.98 Å². The fourth-order valence-corrected chi connectivity index (χ4v) is 4.35. The van der Waals surface area contributed by atoms with E-state index in [0.29, 0.717) is 11.6 Å². The largest absolute Gasteiger partial charge is 0.421 e. The summed E-state index contributed by atoms with van der Waals surface area (Å²) < 4.78 is 41.3. The van der Waals surface area contributed by atoms with Gasteiger partial charge in [0.1, 0.15) is 0 Å². The highest BCUT2D eigenvalue weighted by atomic mass is 19.4. The Bertz CT molecular complexity index is 866. The van der Waals surface area contributed by atoms with Gasteiger partial charge in [-0.15, -0.1) is 0 Å². The second-order valence-corrected chi connectivity index (χ2v) is 8.56. The van der Waals surface area contributed by atoms with Crippen LogP contribution in [0.3, 0.4) is 0 Å². The molecule has 2 aliphatic rings. The van der Waals surface area contributed by atoms with Crippen molar-refractivity contribution < 1.29 is 23.1 Å². The molecular formula is C22H26F3N3O2. The van der Waals surface area contributed by atoms with Crippen molar-refractivity contribution in [3.05, 3.63) is 54.1 Å². The first-order valence-electron chi connectivity index (χ1n) is 10.4. The summed E-state index contributed by atoms with van der Waals surface area (Å²) >= 11 is 0. The van der Waals surface area contributed by atoms with Gasteiger partial charge in [-0.05, 0) is 63.1 Å². The van der Waals surface area contributed by atoms with E-state index in [1.807, 2.05) is 17.4 Å². The smallest absolute Gasteiger partial charge is 0.376 e. The van der Waals surface area contributed by atoms with Gasteiger partial charge < -0.3 is 14.6 Å². The lowest BCUT2D eigenvalue weighted by molar-refractivity contribution is -0.258. The molecule has 30 heavy (non-hydrogen) atoms. The number of aliphatic hydroxyl groups is 1. The second kappa shape index (κ2) is 7.72. The Balaban J connectivity index is 1.47. The number of rotatable bonds is 5. The molecule has 0 bridgehead atoms. The Morgan fingerprint density at radius 2 is 1.63 bits per heavy atom. The minimum Gasteiger partial charge on any atom is -0.376 e. The molecule has 0 radical (unpaired) electrons. The zero-order chi connectivity index (χ0) is 21.5. The second-order valence-electron chi connectivity index (χ2n) is 8.56. The number of carbonyl (C=O) groups is 1. The number of alkyl halides is 3. The fourth-order valence-electron chi connectivity index (χ4n) is 4.35. The van der Waals surface area contributed by atoms with Crippen molar-refractivity contribution in [2.75, 3.05) is 0 Å². The normalized spacial score (nSPS) is 24.3. The van der Waals surface area contributed by atoms with E-state index < -0.39 is 11.8 Å². The molecule has 8 heteroatoms. The van der Waals surface area contributed by atoms with Crippen LogP contribution in [0.1, 0.15) is 67.4 Å². The molecule has 1 N–H and O–H groups in total. The predicted molar refractivity (Wildman–Crippen MR) is 105 cm³/mol. The molecule has 0 saturated heterocycles. The van der Waals surface area contributed by atoms with Crippen LogP contribution in [0, 0.1) is 0 Å². The first kappa shape index (κ1) is 20.9. The van der Waals surface area contributed by atoms with E-state index >= 15 is 0 Å². The molecule has 5 nitrogen and oxygen atoms in total. The highest BCUT2D eigenvalue weighted by molar-refractivity contribution is 5.95. The predicted octanol–water partition coefficient (Wildman–Crippen LogP) is 4.44. The average molecular weight is 421 g/mol. The number of aromatic nitrogens is 2. The zero-order valence-electron chi connectivity index (χ0n) is 16.8. The number of carbonyl (C=O) groups excluding carboxylic acids is 1. The summed E-state index contributed by atoms with van der Waals surface area (Å²) in [7, 11) is 0. The van der Waals surface area contributed by atoms with E-state index in [-0.39, 0.29) is 23.6 Å². The third-order valence-electron chi connectivity index (χ3n) is 6.43. The SMILES string of the molecule is C[C@](O)(c1ccc(C(=O)N(C2CC2)C2CCC(n3ccnc3)CC2)cc1)C(F)(F)F. The van der Waals surface area contributed by atoms with E-state index in [1.54, 1.807) is 6.20 Å². The maximum Gasteiger partial charge on any atom is 0.421 e. The molecule has 162 valence electrons. The van der Waals surface area contributed by atoms with E-state index in [1.165, 1.54) is 24.3 Å². The summed E-state index contributed by atoms with van der Waals surface area (Å²) in [6.07, 6.45) is 6.42. The van der Waals surface area contributed by atoms with Gasteiger partial charge in [0, 0.05) is 36.1 Å². The van der Waals surface area contributed by atoms with Gasteiger partial charge in [0.15, 0.2) is 5.60 Å². The van der Waals surface area contributed by atoms with E-state index in [0.717, 1.165) is 45.4 Å². The van der Waals surface area contributed by atoms with Gasteiger partial charge in [0.05, 0.1) is 6.33 Å². The van der Waals surface area contributed by atoms with Crippen LogP contribution in [0.25, 0.3) is 0 Å². The van der Waals surface area contributed by atoms with Crippen LogP contribution < -0.4 is 0 Å². The maximum atomic E-state index is 13.2. The molecule has 1 heterocycles. The molecule has 1 aromatic carbocycles. The number of nitrogens with zero attached hydrogens (tertiary/aromatic N) is 3. The molecular weight excluding hydrogens is 395 g/mol. The minimum absolute atomic E-state index is 0.137. The van der Waals surface area contributed by atoms with E-state index in [9.17, 15) is 23.1 Å². The van der Waals surface area contributed by atoms with Crippen LogP contribution in [-0.2, 0) is 5.60 Å². The topological polar surface area (TPSA) is 58.4 Å². The Hall–Kier alpha value is -2.35. The van der Waals surface area contributed by atoms with Crippen molar-refractivity contribution >= 4 is 5.91 Å². The summed E-state index contributed by atoms with van der Waals surface area (Å²) in [6.45, 7) is 0.721. The summed E-state index contributed by atoms with van der Waals surface area (Å²) in [5.74, 6) is -0.137. The maximum absolute atomic E-state index is 13.2. The van der Waals surface area contributed by atoms with Crippen molar-refractivity contribution in [2.45, 2.75) is 75.4 Å². The highest BCUT2D eigenvalue weighted by Gasteiger charge is 2.51. The van der Waals surface area contributed by atoms with Crippen LogP contribution in [0.2, 0.25) is 0 Å². The molecule has 2 aromatic rings. The van der Waals surface area contributed by atoms with Crippen molar-refractivity contribution in [1.82, 2.24) is 14.5 Å². The van der Waals surface area contributed by atoms with Crippen LogP contribution >= 0.6 is 0 Å². The van der Waals surface area contributed by atoms with Crippen LogP contribution in [0.4, 0.5) is 13.2 Å². The van der Waals surface area contributed by atoms with Crippen LogP contribution in [0.15, 0.2) is 43.0 Å². The fraction of sp³-hybridized carbons (Fsp3) is 0.545. The Morgan fingerprint density at radius 1 is 1.07 bits per heavy atom. The lowest BCUT2D eigenvalue weighted by Gasteiger charge is -2.37. The Kier molecular flexibility index (Phi) is 5.38. The summed E-state index contributed by atoms with van der Waals surface area (Å²) in [6, 6.07) is 5.93. The first-order chi connectivity index (χ1) is 14.2. The first-order valence-corrected chi connectivity index (χ1v) is 10.4. The van der Waals surface area contributed by atoms with Crippen molar-refractivity contribution in [2.24, 2.45) is 0 Å². The third-order valence-corrected chi connectivity index (χ3v) is 6.43. The number of benzene rings is 1. The van der Waals surface area contributed by atoms with Gasteiger partial charge in [-0.2, -0.15) is 13.2 Å².